The number of aromatic nitrogens is 3. The molecular formula is C11H18N4S. The van der Waals surface area contributed by atoms with E-state index in [1.54, 1.807) is 0 Å². The lowest BCUT2D eigenvalue weighted by Crippen LogP contribution is -2.18. The van der Waals surface area contributed by atoms with Crippen molar-refractivity contribution in [2.75, 3.05) is 18.6 Å². The van der Waals surface area contributed by atoms with Crippen LogP contribution in [0.25, 0.3) is 0 Å². The molecule has 1 aliphatic rings. The molecule has 0 saturated carbocycles. The molecule has 1 aliphatic heterocycles. The summed E-state index contributed by atoms with van der Waals surface area (Å²) in [6.07, 6.45) is 4.26. The molecule has 0 bridgehead atoms. The maximum Gasteiger partial charge on any atom is 0.167 e. The maximum atomic E-state index is 4.62. The molecule has 0 aliphatic carbocycles. The van der Waals surface area contributed by atoms with E-state index in [1.165, 1.54) is 24.3 Å². The lowest BCUT2D eigenvalue weighted by molar-refractivity contribution is 0.561. The molecular weight excluding hydrogens is 220 g/mol. The third-order valence-corrected chi connectivity index (χ3v) is 4.10. The summed E-state index contributed by atoms with van der Waals surface area (Å²) in [5.41, 5.74) is 1.12. The Kier molecular flexibility index (Phi) is 4.12. The highest BCUT2D eigenvalue weighted by Crippen LogP contribution is 2.30. The third kappa shape index (κ3) is 2.71. The Hall–Kier alpha value is -0.680. The van der Waals surface area contributed by atoms with Crippen LogP contribution in [0.5, 0.6) is 0 Å². The number of nitrogens with zero attached hydrogens (tertiary/aromatic N) is 3. The van der Waals surface area contributed by atoms with Crippen LogP contribution in [0, 0.1) is 0 Å². The summed E-state index contributed by atoms with van der Waals surface area (Å²) in [7, 11) is 1.91. The summed E-state index contributed by atoms with van der Waals surface area (Å²) < 4.78 is 0. The first-order valence-electron chi connectivity index (χ1n) is 5.75. The Labute approximate surface area is 101 Å². The van der Waals surface area contributed by atoms with Crippen LogP contribution < -0.4 is 5.32 Å². The molecule has 1 N–H and O–H groups in total. The van der Waals surface area contributed by atoms with Gasteiger partial charge in [0.1, 0.15) is 0 Å². The predicted octanol–water partition coefficient (Wildman–Crippen LogP) is 1.76. The number of nitrogens with one attached hydrogen (secondary N) is 1. The zero-order valence-corrected chi connectivity index (χ0v) is 10.6. The fourth-order valence-electron chi connectivity index (χ4n) is 1.83. The fourth-order valence-corrected chi connectivity index (χ4v) is 2.94. The average molecular weight is 238 g/mol. The Morgan fingerprint density at radius 3 is 2.88 bits per heavy atom. The minimum atomic E-state index is 0.172. The molecule has 4 nitrogen and oxygen atoms in total. The summed E-state index contributed by atoms with van der Waals surface area (Å²) in [5, 5.41) is 11.3. The minimum Gasteiger partial charge on any atom is -0.311 e. The largest absolute Gasteiger partial charge is 0.311 e. The van der Waals surface area contributed by atoms with Crippen LogP contribution in [0.3, 0.4) is 0 Å². The van der Waals surface area contributed by atoms with Crippen LogP contribution >= 0.6 is 11.8 Å². The quantitative estimate of drug-likeness (QED) is 0.869. The van der Waals surface area contributed by atoms with Crippen molar-refractivity contribution in [3.8, 4) is 0 Å². The van der Waals surface area contributed by atoms with E-state index in [0.717, 1.165) is 11.5 Å². The van der Waals surface area contributed by atoms with Crippen molar-refractivity contribution < 1.29 is 0 Å². The van der Waals surface area contributed by atoms with Gasteiger partial charge in [-0.05, 0) is 38.3 Å². The fraction of sp³-hybridized carbons (Fsp3) is 0.727. The minimum absolute atomic E-state index is 0.172. The molecule has 1 unspecified atom stereocenters. The number of hydrogen-bond donors (Lipinski definition) is 1. The SMILES string of the molecule is CNC(C)c1nncc(C2CCSCC2)n1. The van der Waals surface area contributed by atoms with E-state index >= 15 is 0 Å². The van der Waals surface area contributed by atoms with Crippen LogP contribution in [0.2, 0.25) is 0 Å². The highest BCUT2D eigenvalue weighted by molar-refractivity contribution is 7.99. The van der Waals surface area contributed by atoms with Gasteiger partial charge in [0.05, 0.1) is 17.9 Å². The predicted molar refractivity (Wildman–Crippen MR) is 66.6 cm³/mol. The van der Waals surface area contributed by atoms with Gasteiger partial charge >= 0.3 is 0 Å². The van der Waals surface area contributed by atoms with Gasteiger partial charge < -0.3 is 5.32 Å². The lowest BCUT2D eigenvalue weighted by Gasteiger charge is -2.21. The molecule has 16 heavy (non-hydrogen) atoms. The van der Waals surface area contributed by atoms with Gasteiger partial charge in [0.2, 0.25) is 0 Å². The van der Waals surface area contributed by atoms with E-state index in [2.05, 4.69) is 27.4 Å². The Bertz CT molecular complexity index is 339. The monoisotopic (exact) mass is 238 g/mol. The molecule has 2 heterocycles. The molecule has 1 atom stereocenters. The molecule has 2 rings (SSSR count). The Morgan fingerprint density at radius 2 is 2.19 bits per heavy atom. The molecule has 0 spiro atoms. The Balaban J connectivity index is 2.14. The smallest absolute Gasteiger partial charge is 0.167 e. The normalized spacial score (nSPS) is 19.6. The molecule has 1 fully saturated rings. The van der Waals surface area contributed by atoms with Gasteiger partial charge in [0, 0.05) is 5.92 Å². The van der Waals surface area contributed by atoms with E-state index in [0.29, 0.717) is 5.92 Å². The van der Waals surface area contributed by atoms with Gasteiger partial charge in [-0.3, -0.25) is 0 Å². The van der Waals surface area contributed by atoms with Crippen LogP contribution in [0.15, 0.2) is 6.20 Å². The van der Waals surface area contributed by atoms with Gasteiger partial charge in [-0.25, -0.2) is 4.98 Å². The zero-order chi connectivity index (χ0) is 11.4. The summed E-state index contributed by atoms with van der Waals surface area (Å²) in [6, 6.07) is 0.172. The molecule has 0 radical (unpaired) electrons. The molecule has 88 valence electrons. The first kappa shape index (κ1) is 11.8. The molecule has 1 saturated heterocycles. The second-order valence-electron chi connectivity index (χ2n) is 4.14. The third-order valence-electron chi connectivity index (χ3n) is 3.05. The van der Waals surface area contributed by atoms with E-state index in [1.807, 2.05) is 25.0 Å². The van der Waals surface area contributed by atoms with Crippen molar-refractivity contribution in [2.24, 2.45) is 0 Å². The topological polar surface area (TPSA) is 50.7 Å². The van der Waals surface area contributed by atoms with Gasteiger partial charge in [0.15, 0.2) is 5.82 Å². The molecule has 5 heteroatoms. The van der Waals surface area contributed by atoms with E-state index in [-0.39, 0.29) is 6.04 Å². The van der Waals surface area contributed by atoms with Crippen molar-refractivity contribution in [3.63, 3.8) is 0 Å². The van der Waals surface area contributed by atoms with Crippen molar-refractivity contribution in [1.29, 1.82) is 0 Å². The Morgan fingerprint density at radius 1 is 1.44 bits per heavy atom. The molecule has 1 aromatic heterocycles. The second kappa shape index (κ2) is 5.59. The van der Waals surface area contributed by atoms with Crippen LogP contribution in [-0.2, 0) is 0 Å². The number of thioether (sulfide) groups is 1. The highest BCUT2D eigenvalue weighted by Gasteiger charge is 2.18. The standard InChI is InChI=1S/C11H18N4S/c1-8(12-2)11-14-10(7-13-15-11)9-3-5-16-6-4-9/h7-9,12H,3-6H2,1-2H3. The van der Waals surface area contributed by atoms with Gasteiger partial charge in [-0.1, -0.05) is 0 Å². The van der Waals surface area contributed by atoms with Crippen LogP contribution in [0.4, 0.5) is 0 Å². The summed E-state index contributed by atoms with van der Waals surface area (Å²) in [4.78, 5) is 4.62. The van der Waals surface area contributed by atoms with E-state index in [4.69, 9.17) is 0 Å². The number of hydrogen-bond acceptors (Lipinski definition) is 5. The molecule has 0 aromatic carbocycles. The van der Waals surface area contributed by atoms with Crippen molar-refractivity contribution in [1.82, 2.24) is 20.5 Å². The summed E-state index contributed by atoms with van der Waals surface area (Å²) in [5.74, 6) is 3.87. The van der Waals surface area contributed by atoms with Crippen molar-refractivity contribution in [3.05, 3.63) is 17.7 Å². The molecule has 0 amide bonds. The van der Waals surface area contributed by atoms with Gasteiger partial charge in [-0.2, -0.15) is 16.9 Å². The van der Waals surface area contributed by atoms with E-state index in [9.17, 15) is 0 Å². The molecule has 1 aromatic rings. The summed E-state index contributed by atoms with van der Waals surface area (Å²) >= 11 is 2.03. The van der Waals surface area contributed by atoms with Crippen molar-refractivity contribution >= 4 is 11.8 Å². The first-order valence-corrected chi connectivity index (χ1v) is 6.91. The van der Waals surface area contributed by atoms with Crippen LogP contribution in [-0.4, -0.2) is 33.7 Å². The first-order chi connectivity index (χ1) is 7.81. The average Bonchev–Trinajstić information content (AvgIpc) is 2.39. The van der Waals surface area contributed by atoms with E-state index < -0.39 is 0 Å². The number of rotatable bonds is 3. The summed E-state index contributed by atoms with van der Waals surface area (Å²) in [6.45, 7) is 2.05. The second-order valence-corrected chi connectivity index (χ2v) is 5.36. The van der Waals surface area contributed by atoms with Gasteiger partial charge in [0.25, 0.3) is 0 Å². The lowest BCUT2D eigenvalue weighted by atomic mass is 9.99. The maximum absolute atomic E-state index is 4.62. The van der Waals surface area contributed by atoms with Crippen LogP contribution in [0.1, 0.15) is 43.2 Å². The highest BCUT2D eigenvalue weighted by atomic mass is 32.2. The van der Waals surface area contributed by atoms with Gasteiger partial charge in [-0.15, -0.1) is 5.10 Å². The zero-order valence-electron chi connectivity index (χ0n) is 9.81. The van der Waals surface area contributed by atoms with Crippen molar-refractivity contribution in [2.45, 2.75) is 31.7 Å².